The number of aromatic hydroxyl groups is 1. The molecule has 1 aromatic carbocycles. The fourth-order valence-electron chi connectivity index (χ4n) is 1.30. The van der Waals surface area contributed by atoms with E-state index in [1.807, 2.05) is 0 Å². The summed E-state index contributed by atoms with van der Waals surface area (Å²) < 4.78 is 42.3. The SMILES string of the molecule is COc1ccc(C(F)(F)F)c(CNO)c1O. The number of methoxy groups -OCH3 is 1. The summed E-state index contributed by atoms with van der Waals surface area (Å²) in [5, 5.41) is 17.9. The smallest absolute Gasteiger partial charge is 0.416 e. The predicted molar refractivity (Wildman–Crippen MR) is 48.3 cm³/mol. The van der Waals surface area contributed by atoms with Gasteiger partial charge in [0.1, 0.15) is 0 Å². The van der Waals surface area contributed by atoms with Crippen LogP contribution in [0.5, 0.6) is 11.5 Å². The van der Waals surface area contributed by atoms with Gasteiger partial charge in [-0.3, -0.25) is 0 Å². The second-order valence-corrected chi connectivity index (χ2v) is 2.98. The van der Waals surface area contributed by atoms with E-state index in [1.54, 1.807) is 5.48 Å². The minimum Gasteiger partial charge on any atom is -0.504 e. The molecule has 3 N–H and O–H groups in total. The van der Waals surface area contributed by atoms with Crippen LogP contribution in [0.4, 0.5) is 13.2 Å². The lowest BCUT2D eigenvalue weighted by Gasteiger charge is -2.15. The Bertz CT molecular complexity index is 379. The zero-order valence-corrected chi connectivity index (χ0v) is 8.30. The Hall–Kier alpha value is -1.47. The average Bonchev–Trinajstić information content (AvgIpc) is 2.19. The minimum absolute atomic E-state index is 0.0850. The third-order valence-electron chi connectivity index (χ3n) is 2.03. The summed E-state index contributed by atoms with van der Waals surface area (Å²) in [7, 11) is 1.22. The van der Waals surface area contributed by atoms with E-state index in [0.29, 0.717) is 0 Å². The van der Waals surface area contributed by atoms with Gasteiger partial charge in [-0.1, -0.05) is 0 Å². The fourth-order valence-corrected chi connectivity index (χ4v) is 1.30. The highest BCUT2D eigenvalue weighted by Gasteiger charge is 2.35. The lowest BCUT2D eigenvalue weighted by Crippen LogP contribution is -2.15. The maximum Gasteiger partial charge on any atom is 0.416 e. The van der Waals surface area contributed by atoms with Gasteiger partial charge in [0.15, 0.2) is 11.5 Å². The van der Waals surface area contributed by atoms with Crippen LogP contribution in [-0.2, 0) is 12.7 Å². The quantitative estimate of drug-likeness (QED) is 0.702. The van der Waals surface area contributed by atoms with Gasteiger partial charge in [-0.2, -0.15) is 13.2 Å². The van der Waals surface area contributed by atoms with Gasteiger partial charge in [0.25, 0.3) is 0 Å². The standard InChI is InChI=1S/C9H10F3NO3/c1-16-7-3-2-6(9(10,11)12)5(4-13-15)8(7)14/h2-3,13-15H,4H2,1H3. The Morgan fingerprint density at radius 1 is 1.38 bits per heavy atom. The highest BCUT2D eigenvalue weighted by molar-refractivity contribution is 5.50. The third-order valence-corrected chi connectivity index (χ3v) is 2.03. The highest BCUT2D eigenvalue weighted by Crippen LogP contribution is 2.40. The molecule has 0 aliphatic heterocycles. The fraction of sp³-hybridized carbons (Fsp3) is 0.333. The second-order valence-electron chi connectivity index (χ2n) is 2.98. The van der Waals surface area contributed by atoms with Crippen molar-refractivity contribution in [2.24, 2.45) is 0 Å². The number of phenolic OH excluding ortho intramolecular Hbond substituents is 1. The number of hydrogen-bond donors (Lipinski definition) is 3. The molecule has 0 atom stereocenters. The topological polar surface area (TPSA) is 61.7 Å². The lowest BCUT2D eigenvalue weighted by atomic mass is 10.1. The van der Waals surface area contributed by atoms with Crippen LogP contribution in [0.2, 0.25) is 0 Å². The zero-order valence-electron chi connectivity index (χ0n) is 8.30. The predicted octanol–water partition coefficient (Wildman–Crippen LogP) is 1.90. The lowest BCUT2D eigenvalue weighted by molar-refractivity contribution is -0.138. The molecule has 0 aliphatic rings. The number of rotatable bonds is 3. The van der Waals surface area contributed by atoms with Gasteiger partial charge in [-0.25, -0.2) is 5.48 Å². The van der Waals surface area contributed by atoms with Crippen LogP contribution in [0.1, 0.15) is 11.1 Å². The van der Waals surface area contributed by atoms with Crippen LogP contribution < -0.4 is 10.2 Å². The summed E-state index contributed by atoms with van der Waals surface area (Å²) in [6.07, 6.45) is -4.60. The molecule has 4 nitrogen and oxygen atoms in total. The first-order valence-corrected chi connectivity index (χ1v) is 4.24. The molecule has 0 spiro atoms. The Balaban J connectivity index is 3.34. The molecular formula is C9H10F3NO3. The summed E-state index contributed by atoms with van der Waals surface area (Å²) in [5.74, 6) is -0.725. The molecule has 0 unspecified atom stereocenters. The molecule has 0 fully saturated rings. The van der Waals surface area contributed by atoms with E-state index in [0.717, 1.165) is 12.1 Å². The monoisotopic (exact) mass is 237 g/mol. The van der Waals surface area contributed by atoms with Crippen LogP contribution >= 0.6 is 0 Å². The molecule has 0 bridgehead atoms. The molecule has 0 radical (unpaired) electrons. The summed E-state index contributed by atoms with van der Waals surface area (Å²) in [6.45, 7) is -0.530. The van der Waals surface area contributed by atoms with E-state index < -0.39 is 29.6 Å². The van der Waals surface area contributed by atoms with E-state index in [9.17, 15) is 18.3 Å². The number of benzene rings is 1. The highest BCUT2D eigenvalue weighted by atomic mass is 19.4. The van der Waals surface area contributed by atoms with Crippen molar-refractivity contribution in [2.45, 2.75) is 12.7 Å². The van der Waals surface area contributed by atoms with Crippen LogP contribution in [0, 0.1) is 0 Å². The number of hydrogen-bond acceptors (Lipinski definition) is 4. The normalized spacial score (nSPS) is 11.6. The summed E-state index contributed by atoms with van der Waals surface area (Å²) in [6, 6.07) is 1.80. The third kappa shape index (κ3) is 2.37. The van der Waals surface area contributed by atoms with E-state index in [2.05, 4.69) is 4.74 Å². The van der Waals surface area contributed by atoms with Crippen molar-refractivity contribution < 1.29 is 28.2 Å². The maximum absolute atomic E-state index is 12.5. The Kier molecular flexibility index (Phi) is 3.61. The summed E-state index contributed by atoms with van der Waals surface area (Å²) >= 11 is 0. The van der Waals surface area contributed by atoms with Crippen molar-refractivity contribution in [3.63, 3.8) is 0 Å². The minimum atomic E-state index is -4.60. The van der Waals surface area contributed by atoms with Crippen LogP contribution in [0.25, 0.3) is 0 Å². The van der Waals surface area contributed by atoms with E-state index in [-0.39, 0.29) is 5.75 Å². The summed E-state index contributed by atoms with van der Waals surface area (Å²) in [4.78, 5) is 0. The van der Waals surface area contributed by atoms with E-state index >= 15 is 0 Å². The molecule has 0 amide bonds. The number of nitrogens with one attached hydrogen (secondary N) is 1. The largest absolute Gasteiger partial charge is 0.504 e. The molecule has 16 heavy (non-hydrogen) atoms. The molecule has 0 heterocycles. The van der Waals surface area contributed by atoms with Crippen molar-refractivity contribution in [1.29, 1.82) is 0 Å². The first kappa shape index (κ1) is 12.6. The van der Waals surface area contributed by atoms with Crippen molar-refractivity contribution in [3.05, 3.63) is 23.3 Å². The molecule has 0 aromatic heterocycles. The van der Waals surface area contributed by atoms with Gasteiger partial charge in [-0.15, -0.1) is 0 Å². The average molecular weight is 237 g/mol. The van der Waals surface area contributed by atoms with Crippen molar-refractivity contribution >= 4 is 0 Å². The molecule has 0 saturated heterocycles. The molecule has 1 aromatic rings. The number of phenols is 1. The second kappa shape index (κ2) is 4.58. The molecule has 0 saturated carbocycles. The number of alkyl halides is 3. The van der Waals surface area contributed by atoms with Crippen molar-refractivity contribution in [2.75, 3.05) is 7.11 Å². The maximum atomic E-state index is 12.5. The van der Waals surface area contributed by atoms with Crippen molar-refractivity contribution in [3.8, 4) is 11.5 Å². The van der Waals surface area contributed by atoms with Gasteiger partial charge >= 0.3 is 6.18 Å². The Morgan fingerprint density at radius 3 is 2.44 bits per heavy atom. The van der Waals surface area contributed by atoms with Gasteiger partial charge in [0, 0.05) is 5.56 Å². The molecule has 0 aliphatic carbocycles. The summed E-state index contributed by atoms with van der Waals surface area (Å²) in [5.41, 5.74) is 0.0885. The van der Waals surface area contributed by atoms with Gasteiger partial charge in [0.05, 0.1) is 19.2 Å². The number of halogens is 3. The van der Waals surface area contributed by atoms with E-state index in [1.165, 1.54) is 7.11 Å². The molecule has 90 valence electrons. The van der Waals surface area contributed by atoms with Gasteiger partial charge < -0.3 is 15.1 Å². The van der Waals surface area contributed by atoms with Crippen LogP contribution in [0.15, 0.2) is 12.1 Å². The molecule has 7 heteroatoms. The van der Waals surface area contributed by atoms with Crippen LogP contribution in [-0.4, -0.2) is 17.4 Å². The Morgan fingerprint density at radius 2 is 2.00 bits per heavy atom. The van der Waals surface area contributed by atoms with Gasteiger partial charge in [0.2, 0.25) is 0 Å². The Labute approximate surface area is 89.2 Å². The van der Waals surface area contributed by atoms with Crippen LogP contribution in [0.3, 0.4) is 0 Å². The van der Waals surface area contributed by atoms with E-state index in [4.69, 9.17) is 5.21 Å². The van der Waals surface area contributed by atoms with Gasteiger partial charge in [-0.05, 0) is 12.1 Å². The first-order valence-electron chi connectivity index (χ1n) is 4.24. The molecular weight excluding hydrogens is 227 g/mol. The first-order chi connectivity index (χ1) is 7.41. The van der Waals surface area contributed by atoms with Crippen molar-refractivity contribution in [1.82, 2.24) is 5.48 Å². The molecule has 1 rings (SSSR count). The zero-order chi connectivity index (χ0) is 12.3. The number of hydroxylamine groups is 1. The number of ether oxygens (including phenoxy) is 1.